The Bertz CT molecular complexity index is 1380. The largest absolute Gasteiger partial charge is 0.444 e. The summed E-state index contributed by atoms with van der Waals surface area (Å²) >= 11 is 0. The smallest absolute Gasteiger partial charge is 0.410 e. The van der Waals surface area contributed by atoms with Crippen LogP contribution in [0.1, 0.15) is 64.5 Å². The Morgan fingerprint density at radius 1 is 1.19 bits per heavy atom. The summed E-state index contributed by atoms with van der Waals surface area (Å²) in [5.41, 5.74) is 1.47. The minimum Gasteiger partial charge on any atom is -0.444 e. The molecule has 1 aliphatic heterocycles. The van der Waals surface area contributed by atoms with Gasteiger partial charge in [-0.2, -0.15) is 10.2 Å². The molecule has 1 aromatic carbocycles. The van der Waals surface area contributed by atoms with Crippen molar-refractivity contribution in [3.63, 3.8) is 0 Å². The number of amides is 2. The molecule has 2 heterocycles. The van der Waals surface area contributed by atoms with Crippen molar-refractivity contribution in [3.8, 4) is 17.9 Å². The molecular weight excluding hydrogens is 546 g/mol. The number of nitrogens with zero attached hydrogens (tertiary/aromatic N) is 5. The van der Waals surface area contributed by atoms with E-state index in [-0.39, 0.29) is 17.9 Å². The first kappa shape index (κ1) is 31.6. The third kappa shape index (κ3) is 9.07. The Hall–Kier alpha value is -4.35. The van der Waals surface area contributed by atoms with Gasteiger partial charge in [0.1, 0.15) is 17.5 Å². The fourth-order valence-corrected chi connectivity index (χ4v) is 4.92. The van der Waals surface area contributed by atoms with Gasteiger partial charge >= 0.3 is 6.09 Å². The third-order valence-corrected chi connectivity index (χ3v) is 7.42. The number of benzene rings is 1. The molecule has 4 rings (SSSR count). The lowest BCUT2D eigenvalue weighted by Gasteiger charge is -2.31. The van der Waals surface area contributed by atoms with Gasteiger partial charge in [0.15, 0.2) is 0 Å². The fraction of sp³-hybridized carbons (Fsp3) is 0.531. The molecule has 0 radical (unpaired) electrons. The molecule has 2 N–H and O–H groups in total. The minimum atomic E-state index is -0.661. The van der Waals surface area contributed by atoms with E-state index in [4.69, 9.17) is 19.7 Å². The molecule has 3 atom stereocenters. The molecule has 2 aromatic rings. The summed E-state index contributed by atoms with van der Waals surface area (Å²) in [6.45, 7) is 9.72. The second-order valence-electron chi connectivity index (χ2n) is 12.0. The lowest BCUT2D eigenvalue weighted by atomic mass is 9.86. The van der Waals surface area contributed by atoms with E-state index in [1.54, 1.807) is 53.1 Å². The number of nitrogens with one attached hydrogen (secondary N) is 2. The molecule has 1 saturated heterocycles. The van der Waals surface area contributed by atoms with Gasteiger partial charge in [0, 0.05) is 37.8 Å². The summed E-state index contributed by atoms with van der Waals surface area (Å²) in [7, 11) is 1.58. The van der Waals surface area contributed by atoms with Crippen LogP contribution in [-0.4, -0.2) is 77.9 Å². The minimum absolute atomic E-state index is 0.0241. The maximum atomic E-state index is 13.0. The van der Waals surface area contributed by atoms with Crippen LogP contribution in [0.3, 0.4) is 0 Å². The first-order chi connectivity index (χ1) is 20.5. The molecule has 228 valence electrons. The lowest BCUT2D eigenvalue weighted by molar-refractivity contribution is -0.126. The summed E-state index contributed by atoms with van der Waals surface area (Å²) in [5, 5.41) is 15.4. The summed E-state index contributed by atoms with van der Waals surface area (Å²) in [4.78, 5) is 38.2. The number of rotatable bonds is 6. The molecule has 11 heteroatoms. The molecule has 2 fully saturated rings. The van der Waals surface area contributed by atoms with Crippen LogP contribution >= 0.6 is 0 Å². The van der Waals surface area contributed by atoms with Gasteiger partial charge in [-0.15, -0.1) is 0 Å². The molecule has 0 spiro atoms. The third-order valence-electron chi connectivity index (χ3n) is 7.42. The first-order valence-corrected chi connectivity index (χ1v) is 14.8. The highest BCUT2D eigenvalue weighted by Crippen LogP contribution is 2.26. The second kappa shape index (κ2) is 14.2. The number of hydrogen-bond donors (Lipinski definition) is 2. The maximum Gasteiger partial charge on any atom is 0.410 e. The van der Waals surface area contributed by atoms with Gasteiger partial charge in [0.05, 0.1) is 36.6 Å². The van der Waals surface area contributed by atoms with E-state index in [1.807, 2.05) is 12.1 Å². The molecule has 1 aliphatic carbocycles. The standard InChI is InChI=1S/C32H41N7O4/c1-22(38(5)31(41)43-32(2,3)4)29(40)35-27-8-6-7-23(19-27)9-12-25-21-34-30(36-26-13-10-24(20-33)11-14-26)37-28(25)39-15-17-42-18-16-39/h10-11,13-14,21-23,27H,6-8,15-19H2,1-5H3,(H,35,40)(H,34,36,37)/t22-,23-,27-/m0/s1. The van der Waals surface area contributed by atoms with Crippen molar-refractivity contribution in [2.75, 3.05) is 43.6 Å². The van der Waals surface area contributed by atoms with E-state index in [9.17, 15) is 9.59 Å². The van der Waals surface area contributed by atoms with Gasteiger partial charge in [-0.05, 0) is 71.2 Å². The van der Waals surface area contributed by atoms with E-state index in [0.29, 0.717) is 37.8 Å². The predicted molar refractivity (Wildman–Crippen MR) is 164 cm³/mol. The monoisotopic (exact) mass is 587 g/mol. The summed E-state index contributed by atoms with van der Waals surface area (Å²) in [6, 6.07) is 8.55. The van der Waals surface area contributed by atoms with Crippen LogP contribution in [0.15, 0.2) is 30.5 Å². The number of nitriles is 1. The van der Waals surface area contributed by atoms with Crippen LogP contribution in [0, 0.1) is 29.1 Å². The summed E-state index contributed by atoms with van der Waals surface area (Å²) in [6.07, 6.45) is 4.70. The van der Waals surface area contributed by atoms with Gasteiger partial charge in [-0.3, -0.25) is 9.69 Å². The van der Waals surface area contributed by atoms with Gasteiger partial charge in [0.2, 0.25) is 11.9 Å². The Morgan fingerprint density at radius 2 is 1.91 bits per heavy atom. The summed E-state index contributed by atoms with van der Waals surface area (Å²) < 4.78 is 11.0. The number of hydrogen-bond acceptors (Lipinski definition) is 9. The zero-order valence-corrected chi connectivity index (χ0v) is 25.6. The van der Waals surface area contributed by atoms with Crippen molar-refractivity contribution in [3.05, 3.63) is 41.6 Å². The number of likely N-dealkylation sites (N-methyl/N-ethyl adjacent to an activating group) is 1. The number of carbonyl (C=O) groups is 2. The Kier molecular flexibility index (Phi) is 10.4. The van der Waals surface area contributed by atoms with Gasteiger partial charge in [-0.25, -0.2) is 9.78 Å². The highest BCUT2D eigenvalue weighted by atomic mass is 16.6. The van der Waals surface area contributed by atoms with Crippen LogP contribution in [0.25, 0.3) is 0 Å². The maximum absolute atomic E-state index is 13.0. The molecule has 43 heavy (non-hydrogen) atoms. The Balaban J connectivity index is 1.43. The Labute approximate surface area is 254 Å². The van der Waals surface area contributed by atoms with Crippen LogP contribution in [0.4, 0.5) is 22.2 Å². The van der Waals surface area contributed by atoms with Gasteiger partial charge in [-0.1, -0.05) is 18.3 Å². The summed E-state index contributed by atoms with van der Waals surface area (Å²) in [5.74, 6) is 7.85. The van der Waals surface area contributed by atoms with E-state index < -0.39 is 17.7 Å². The lowest BCUT2D eigenvalue weighted by Crippen LogP contribution is -2.50. The van der Waals surface area contributed by atoms with Crippen LogP contribution < -0.4 is 15.5 Å². The molecule has 0 unspecified atom stereocenters. The van der Waals surface area contributed by atoms with E-state index in [1.165, 1.54) is 4.90 Å². The molecule has 2 amide bonds. The molecule has 1 aromatic heterocycles. The van der Waals surface area contributed by atoms with Crippen molar-refractivity contribution in [1.82, 2.24) is 20.2 Å². The number of morpholine rings is 1. The fourth-order valence-electron chi connectivity index (χ4n) is 4.92. The van der Waals surface area contributed by atoms with E-state index in [2.05, 4.69) is 38.4 Å². The van der Waals surface area contributed by atoms with E-state index >= 15 is 0 Å². The highest BCUT2D eigenvalue weighted by Gasteiger charge is 2.29. The molecule has 11 nitrogen and oxygen atoms in total. The molecular formula is C32H41N7O4. The van der Waals surface area contributed by atoms with Crippen molar-refractivity contribution < 1.29 is 19.1 Å². The highest BCUT2D eigenvalue weighted by molar-refractivity contribution is 5.85. The Morgan fingerprint density at radius 3 is 2.58 bits per heavy atom. The zero-order chi connectivity index (χ0) is 31.0. The number of carbonyl (C=O) groups excluding carboxylic acids is 2. The normalized spacial score (nSPS) is 19.2. The molecule has 0 bridgehead atoms. The first-order valence-electron chi connectivity index (χ1n) is 14.8. The molecule has 2 aliphatic rings. The molecule has 1 saturated carbocycles. The van der Waals surface area contributed by atoms with Crippen LogP contribution in [-0.2, 0) is 14.3 Å². The van der Waals surface area contributed by atoms with Crippen molar-refractivity contribution in [2.24, 2.45) is 5.92 Å². The number of aromatic nitrogens is 2. The average Bonchev–Trinajstić information content (AvgIpc) is 2.99. The van der Waals surface area contributed by atoms with Crippen molar-refractivity contribution in [2.45, 2.75) is 71.1 Å². The van der Waals surface area contributed by atoms with Crippen molar-refractivity contribution in [1.29, 1.82) is 5.26 Å². The number of ether oxygens (including phenoxy) is 2. The second-order valence-corrected chi connectivity index (χ2v) is 12.0. The zero-order valence-electron chi connectivity index (χ0n) is 25.6. The number of anilines is 3. The average molecular weight is 588 g/mol. The predicted octanol–water partition coefficient (Wildman–Crippen LogP) is 4.21. The van der Waals surface area contributed by atoms with E-state index in [0.717, 1.165) is 42.8 Å². The topological polar surface area (TPSA) is 133 Å². The van der Waals surface area contributed by atoms with Crippen LogP contribution in [0.2, 0.25) is 0 Å². The SMILES string of the molecule is C[C@@H](C(=O)N[C@H]1CCC[C@@H](C#Cc2cnc(Nc3ccc(C#N)cc3)nc2N2CCOCC2)C1)N(C)C(=O)OC(C)(C)C. The quantitative estimate of drug-likeness (QED) is 0.477. The van der Waals surface area contributed by atoms with Crippen molar-refractivity contribution >= 4 is 29.5 Å². The van der Waals surface area contributed by atoms with Crippen LogP contribution in [0.5, 0.6) is 0 Å². The van der Waals surface area contributed by atoms with Gasteiger partial charge < -0.3 is 25.0 Å². The van der Waals surface area contributed by atoms with Gasteiger partial charge in [0.25, 0.3) is 0 Å².